The summed E-state index contributed by atoms with van der Waals surface area (Å²) in [5, 5.41) is 22.5. The minimum absolute atomic E-state index is 0.104. The van der Waals surface area contributed by atoms with E-state index in [2.05, 4.69) is 38.6 Å². The lowest BCUT2D eigenvalue weighted by molar-refractivity contribution is -0.372. The lowest BCUT2D eigenvalue weighted by Gasteiger charge is -2.24. The van der Waals surface area contributed by atoms with Crippen LogP contribution in [0.5, 0.6) is 0 Å². The highest BCUT2D eigenvalue weighted by Crippen LogP contribution is 2.32. The first-order valence-electron chi connectivity index (χ1n) is 7.85. The van der Waals surface area contributed by atoms with Crippen molar-refractivity contribution in [3.05, 3.63) is 0 Å². The highest BCUT2D eigenvalue weighted by molar-refractivity contribution is 5.86. The Kier molecular flexibility index (Phi) is 8.63. The number of carboxylic acid groups (broad SMARTS) is 1. The Hall–Kier alpha value is -1.14. The normalized spacial score (nSPS) is 22.2. The van der Waals surface area contributed by atoms with Crippen molar-refractivity contribution in [2.75, 3.05) is 13.2 Å². The van der Waals surface area contributed by atoms with Gasteiger partial charge in [-0.15, -0.1) is 0 Å². The molecule has 0 spiro atoms. The topological polar surface area (TPSA) is 110 Å². The molecule has 0 bridgehead atoms. The summed E-state index contributed by atoms with van der Waals surface area (Å²) in [6.07, 6.45) is 2.48. The lowest BCUT2D eigenvalue weighted by atomic mass is 9.82. The van der Waals surface area contributed by atoms with E-state index in [0.717, 1.165) is 18.6 Å². The van der Waals surface area contributed by atoms with E-state index in [0.29, 0.717) is 24.3 Å². The molecule has 1 aliphatic heterocycles. The number of carbonyl (C=O) groups is 1. The average Bonchev–Trinajstić information content (AvgIpc) is 2.67. The summed E-state index contributed by atoms with van der Waals surface area (Å²) >= 11 is 0. The van der Waals surface area contributed by atoms with Crippen LogP contribution < -0.4 is 10.8 Å². The third-order valence-electron chi connectivity index (χ3n) is 3.19. The van der Waals surface area contributed by atoms with Gasteiger partial charge >= 0.3 is 0 Å². The van der Waals surface area contributed by atoms with E-state index in [4.69, 9.17) is 9.94 Å². The molecule has 0 saturated heterocycles. The van der Waals surface area contributed by atoms with Crippen LogP contribution in [0.3, 0.4) is 0 Å². The number of carbonyl (C=O) groups excluding carboxylic acids is 1. The SMILES string of the molecule is CC(CC1=NOC(C)(CC(=O)[O-])C1)CC(C)(C)C.[NH3+]CCO. The molecule has 2 unspecified atom stereocenters. The van der Waals surface area contributed by atoms with Crippen molar-refractivity contribution in [3.8, 4) is 0 Å². The second-order valence-electron chi connectivity index (χ2n) is 7.58. The number of quaternary nitrogens is 1. The van der Waals surface area contributed by atoms with E-state index < -0.39 is 11.6 Å². The van der Waals surface area contributed by atoms with Crippen LogP contribution in [0.4, 0.5) is 0 Å². The van der Waals surface area contributed by atoms with Crippen molar-refractivity contribution in [2.24, 2.45) is 16.5 Å². The van der Waals surface area contributed by atoms with Gasteiger partial charge in [-0.25, -0.2) is 0 Å². The number of rotatable bonds is 6. The van der Waals surface area contributed by atoms with Crippen molar-refractivity contribution in [1.82, 2.24) is 0 Å². The molecular formula is C16H32N2O4. The molecule has 22 heavy (non-hydrogen) atoms. The van der Waals surface area contributed by atoms with Crippen molar-refractivity contribution in [2.45, 2.75) is 65.9 Å². The van der Waals surface area contributed by atoms with Gasteiger partial charge in [-0.2, -0.15) is 0 Å². The van der Waals surface area contributed by atoms with Crippen molar-refractivity contribution in [1.29, 1.82) is 0 Å². The quantitative estimate of drug-likeness (QED) is 0.736. The van der Waals surface area contributed by atoms with Gasteiger partial charge in [-0.3, -0.25) is 0 Å². The monoisotopic (exact) mass is 316 g/mol. The summed E-state index contributed by atoms with van der Waals surface area (Å²) in [7, 11) is 0. The molecule has 0 saturated carbocycles. The summed E-state index contributed by atoms with van der Waals surface area (Å²) in [5.41, 5.74) is 3.91. The molecular weight excluding hydrogens is 284 g/mol. The van der Waals surface area contributed by atoms with Crippen molar-refractivity contribution >= 4 is 11.7 Å². The predicted molar refractivity (Wildman–Crippen MR) is 83.9 cm³/mol. The summed E-state index contributed by atoms with van der Waals surface area (Å²) in [5.74, 6) is -0.561. The Balaban J connectivity index is 0.000000980. The molecule has 0 aromatic carbocycles. The molecule has 4 N–H and O–H groups in total. The Bertz CT molecular complexity index is 375. The van der Waals surface area contributed by atoms with Gasteiger partial charge in [0.25, 0.3) is 0 Å². The van der Waals surface area contributed by atoms with E-state index in [1.54, 1.807) is 6.92 Å². The number of hydrogen-bond donors (Lipinski definition) is 2. The van der Waals surface area contributed by atoms with Crippen LogP contribution in [0.1, 0.15) is 60.3 Å². The van der Waals surface area contributed by atoms with Crippen molar-refractivity contribution in [3.63, 3.8) is 0 Å². The number of oxime groups is 1. The Morgan fingerprint density at radius 2 is 2.09 bits per heavy atom. The summed E-state index contributed by atoms with van der Waals surface area (Å²) in [4.78, 5) is 15.9. The van der Waals surface area contributed by atoms with Crippen LogP contribution in [-0.4, -0.2) is 35.5 Å². The standard InChI is InChI=1S/C14H25NO3.C2H7NO/c1-10(7-13(2,3)4)6-11-8-14(5,18-15-11)9-12(16)17;3-1-2-4/h10H,6-9H2,1-5H3,(H,16,17);4H,1-3H2. The average molecular weight is 316 g/mol. The zero-order valence-electron chi connectivity index (χ0n) is 14.6. The first kappa shape index (κ1) is 20.9. The number of carboxylic acids is 1. The van der Waals surface area contributed by atoms with Crippen LogP contribution in [-0.2, 0) is 9.63 Å². The molecule has 1 rings (SSSR count). The summed E-state index contributed by atoms with van der Waals surface area (Å²) in [6, 6.07) is 0. The fraction of sp³-hybridized carbons (Fsp3) is 0.875. The largest absolute Gasteiger partial charge is 0.550 e. The lowest BCUT2D eigenvalue weighted by Crippen LogP contribution is -2.51. The van der Waals surface area contributed by atoms with Gasteiger partial charge in [0.05, 0.1) is 18.9 Å². The molecule has 0 radical (unpaired) electrons. The molecule has 0 aliphatic carbocycles. The fourth-order valence-electron chi connectivity index (χ4n) is 2.70. The van der Waals surface area contributed by atoms with E-state index >= 15 is 0 Å². The second kappa shape index (κ2) is 9.10. The molecule has 0 amide bonds. The van der Waals surface area contributed by atoms with Gasteiger partial charge in [0, 0.05) is 18.8 Å². The van der Waals surface area contributed by atoms with E-state index in [1.165, 1.54) is 0 Å². The number of aliphatic hydroxyl groups excluding tert-OH is 1. The minimum Gasteiger partial charge on any atom is -0.550 e. The zero-order valence-corrected chi connectivity index (χ0v) is 14.6. The first-order chi connectivity index (χ1) is 10.0. The maximum absolute atomic E-state index is 10.6. The Labute approximate surface area is 133 Å². The molecule has 6 heteroatoms. The molecule has 1 aliphatic rings. The van der Waals surface area contributed by atoms with Gasteiger partial charge in [0.2, 0.25) is 0 Å². The molecule has 0 aromatic rings. The highest BCUT2D eigenvalue weighted by atomic mass is 16.7. The Morgan fingerprint density at radius 3 is 2.50 bits per heavy atom. The first-order valence-corrected chi connectivity index (χ1v) is 7.85. The minimum atomic E-state index is -1.09. The fourth-order valence-corrected chi connectivity index (χ4v) is 2.70. The van der Waals surface area contributed by atoms with Crippen LogP contribution in [0.2, 0.25) is 0 Å². The van der Waals surface area contributed by atoms with Crippen LogP contribution in [0, 0.1) is 11.3 Å². The molecule has 130 valence electrons. The van der Waals surface area contributed by atoms with Gasteiger partial charge in [-0.05, 0) is 31.1 Å². The number of hydrogen-bond acceptors (Lipinski definition) is 5. The number of nitrogens with zero attached hydrogens (tertiary/aromatic N) is 1. The molecule has 1 heterocycles. The second-order valence-corrected chi connectivity index (χ2v) is 7.58. The van der Waals surface area contributed by atoms with Crippen LogP contribution in [0.15, 0.2) is 5.16 Å². The molecule has 6 nitrogen and oxygen atoms in total. The summed E-state index contributed by atoms with van der Waals surface area (Å²) < 4.78 is 0. The van der Waals surface area contributed by atoms with Crippen LogP contribution >= 0.6 is 0 Å². The van der Waals surface area contributed by atoms with E-state index in [-0.39, 0.29) is 13.0 Å². The third-order valence-corrected chi connectivity index (χ3v) is 3.19. The molecule has 0 fully saturated rings. The zero-order chi connectivity index (χ0) is 17.4. The maximum Gasteiger partial charge on any atom is 0.145 e. The maximum atomic E-state index is 10.6. The highest BCUT2D eigenvalue weighted by Gasteiger charge is 2.34. The van der Waals surface area contributed by atoms with E-state index in [1.807, 2.05) is 0 Å². The number of aliphatic carboxylic acids is 1. The van der Waals surface area contributed by atoms with Crippen LogP contribution in [0.25, 0.3) is 0 Å². The van der Waals surface area contributed by atoms with Crippen molar-refractivity contribution < 1.29 is 25.6 Å². The third kappa shape index (κ3) is 9.73. The van der Waals surface area contributed by atoms with Gasteiger partial charge in [-0.1, -0.05) is 32.9 Å². The van der Waals surface area contributed by atoms with Gasteiger partial charge in [0.1, 0.15) is 5.60 Å². The number of aliphatic hydroxyl groups is 1. The van der Waals surface area contributed by atoms with E-state index in [9.17, 15) is 9.90 Å². The Morgan fingerprint density at radius 1 is 1.55 bits per heavy atom. The molecule has 2 atom stereocenters. The summed E-state index contributed by atoms with van der Waals surface area (Å²) in [6.45, 7) is 11.5. The van der Waals surface area contributed by atoms with Gasteiger partial charge in [0.15, 0.2) is 0 Å². The smallest absolute Gasteiger partial charge is 0.145 e. The van der Waals surface area contributed by atoms with Gasteiger partial charge < -0.3 is 25.6 Å². The molecule has 0 aromatic heterocycles. The predicted octanol–water partition coefficient (Wildman–Crippen LogP) is 0.344.